The molecule has 2 aliphatic rings. The van der Waals surface area contributed by atoms with Gasteiger partial charge in [-0.15, -0.1) is 11.1 Å². The number of hydrogen-bond donors (Lipinski definition) is 2. The third-order valence-electron chi connectivity index (χ3n) is 1.96. The van der Waals surface area contributed by atoms with E-state index in [0.29, 0.717) is 24.4 Å². The Balaban J connectivity index is 1.72. The molecule has 0 saturated carbocycles. The second-order valence-corrected chi connectivity index (χ2v) is 3.33. The third kappa shape index (κ3) is 1.41. The fourth-order valence-electron chi connectivity index (χ4n) is 0.986. The summed E-state index contributed by atoms with van der Waals surface area (Å²) < 4.78 is 0. The summed E-state index contributed by atoms with van der Waals surface area (Å²) in [5.74, 6) is -0.196. The Morgan fingerprint density at radius 2 is 1.92 bits per heavy atom. The van der Waals surface area contributed by atoms with E-state index in [0.717, 1.165) is 0 Å². The number of β-lactam (4-membered cyclic amide) rings is 2. The van der Waals surface area contributed by atoms with Gasteiger partial charge in [0, 0.05) is 13.0 Å². The Bertz CT molecular complexity index is 292. The van der Waals surface area contributed by atoms with Gasteiger partial charge in [0.2, 0.25) is 5.91 Å². The largest absolute Gasteiger partial charge is 0.278 e. The molecule has 2 saturated heterocycles. The van der Waals surface area contributed by atoms with Crippen LogP contribution in [0, 0.1) is 0 Å². The van der Waals surface area contributed by atoms with E-state index < -0.39 is 0 Å². The molecule has 0 unspecified atom stereocenters. The molecule has 0 spiro atoms. The minimum absolute atomic E-state index is 0.0167. The zero-order valence-corrected chi connectivity index (χ0v) is 7.56. The highest BCUT2D eigenvalue weighted by atomic mass is 32.1. The molecule has 0 aliphatic carbocycles. The lowest BCUT2D eigenvalue weighted by atomic mass is 10.2. The first kappa shape index (κ1) is 8.54. The van der Waals surface area contributed by atoms with Gasteiger partial charge >= 0.3 is 0 Å². The lowest BCUT2D eigenvalue weighted by molar-refractivity contribution is -0.151. The van der Waals surface area contributed by atoms with Crippen LogP contribution in [0.2, 0.25) is 0 Å². The van der Waals surface area contributed by atoms with E-state index in [1.54, 1.807) is 0 Å². The van der Waals surface area contributed by atoms with Crippen molar-refractivity contribution in [2.45, 2.75) is 6.42 Å². The maximum absolute atomic E-state index is 10.9. The van der Waals surface area contributed by atoms with E-state index in [1.807, 2.05) is 0 Å². The molecule has 6 nitrogen and oxygen atoms in total. The summed E-state index contributed by atoms with van der Waals surface area (Å²) in [5, 5.41) is 2.71. The number of hydrazine groups is 3. The van der Waals surface area contributed by atoms with Gasteiger partial charge in [-0.2, -0.15) is 0 Å². The Labute approximate surface area is 79.8 Å². The van der Waals surface area contributed by atoms with Crippen LogP contribution in [-0.2, 0) is 9.59 Å². The first-order chi connectivity index (χ1) is 6.18. The number of hydrogen-bond acceptors (Lipinski definition) is 5. The van der Waals surface area contributed by atoms with Gasteiger partial charge in [0.25, 0.3) is 5.91 Å². The minimum atomic E-state index is -0.213. The van der Waals surface area contributed by atoms with Crippen molar-refractivity contribution in [1.29, 1.82) is 0 Å². The third-order valence-corrected chi connectivity index (χ3v) is 2.26. The van der Waals surface area contributed by atoms with Crippen molar-refractivity contribution in [3.05, 3.63) is 0 Å². The molecule has 7 heteroatoms. The molecular weight excluding hydrogens is 192 g/mol. The number of rotatable bonds is 3. The van der Waals surface area contributed by atoms with E-state index >= 15 is 0 Å². The summed E-state index contributed by atoms with van der Waals surface area (Å²) >= 11 is 4.69. The van der Waals surface area contributed by atoms with Crippen LogP contribution in [0.1, 0.15) is 6.42 Å². The van der Waals surface area contributed by atoms with Crippen molar-refractivity contribution < 1.29 is 9.59 Å². The highest BCUT2D eigenvalue weighted by Gasteiger charge is 2.32. The molecule has 0 aromatic carbocycles. The van der Waals surface area contributed by atoms with Crippen LogP contribution < -0.4 is 11.1 Å². The summed E-state index contributed by atoms with van der Waals surface area (Å²) in [6.45, 7) is 1.08. The molecule has 13 heavy (non-hydrogen) atoms. The Kier molecular flexibility index (Phi) is 1.98. The first-order valence-electron chi connectivity index (χ1n) is 3.85. The Morgan fingerprint density at radius 3 is 2.31 bits per heavy atom. The van der Waals surface area contributed by atoms with E-state index in [9.17, 15) is 9.59 Å². The molecule has 70 valence electrons. The molecule has 2 N–H and O–H groups in total. The summed E-state index contributed by atoms with van der Waals surface area (Å²) in [6.07, 6.45) is 0.557. The van der Waals surface area contributed by atoms with Gasteiger partial charge in [-0.3, -0.25) is 19.6 Å². The van der Waals surface area contributed by atoms with Gasteiger partial charge < -0.3 is 0 Å². The minimum Gasteiger partial charge on any atom is -0.273 e. The summed E-state index contributed by atoms with van der Waals surface area (Å²) in [6, 6.07) is 0. The molecule has 2 fully saturated rings. The van der Waals surface area contributed by atoms with Gasteiger partial charge in [0.15, 0.2) is 0 Å². The van der Waals surface area contributed by atoms with Gasteiger partial charge in [0.1, 0.15) is 4.86 Å². The van der Waals surface area contributed by atoms with Crippen LogP contribution in [0.3, 0.4) is 0 Å². The topological polar surface area (TPSA) is 64.7 Å². The number of thiocarbonyl (C=S) groups is 1. The number of carbonyl (C=O) groups excluding carboxylic acids is 2. The smallest absolute Gasteiger partial charge is 0.273 e. The standard InChI is InChI=1S/C6H8N4O2S/c11-5-1-2-9(5)7-8-10-3-4(13)6(10)12/h7-8H,1-3H2. The fraction of sp³-hybridized carbons (Fsp3) is 0.500. The zero-order chi connectivity index (χ0) is 9.42. The van der Waals surface area contributed by atoms with Crippen molar-refractivity contribution in [1.82, 2.24) is 21.1 Å². The summed E-state index contributed by atoms with van der Waals surface area (Å²) in [7, 11) is 0. The van der Waals surface area contributed by atoms with Crippen molar-refractivity contribution in [3.8, 4) is 0 Å². The van der Waals surface area contributed by atoms with Gasteiger partial charge in [0.05, 0.1) is 6.54 Å². The predicted octanol–water partition coefficient (Wildman–Crippen LogP) is -1.64. The van der Waals surface area contributed by atoms with Crippen LogP contribution >= 0.6 is 12.2 Å². The second kappa shape index (κ2) is 3.02. The maximum Gasteiger partial charge on any atom is 0.278 e. The first-order valence-corrected chi connectivity index (χ1v) is 4.25. The normalized spacial score (nSPS) is 21.7. The molecule has 0 atom stereocenters. The number of carbonyl (C=O) groups is 2. The van der Waals surface area contributed by atoms with Crippen molar-refractivity contribution in [2.24, 2.45) is 0 Å². The highest BCUT2D eigenvalue weighted by Crippen LogP contribution is 2.05. The molecule has 0 radical (unpaired) electrons. The molecule has 2 rings (SSSR count). The number of amides is 2. The molecule has 2 amide bonds. The molecule has 2 heterocycles. The Morgan fingerprint density at radius 1 is 1.23 bits per heavy atom. The van der Waals surface area contributed by atoms with E-state index in [1.165, 1.54) is 10.0 Å². The van der Waals surface area contributed by atoms with E-state index in [-0.39, 0.29) is 11.8 Å². The quantitative estimate of drug-likeness (QED) is 0.325. The summed E-state index contributed by atoms with van der Waals surface area (Å²) in [4.78, 5) is 22.1. The number of nitrogens with zero attached hydrogens (tertiary/aromatic N) is 2. The summed E-state index contributed by atoms with van der Waals surface area (Å²) in [5.41, 5.74) is 5.18. The number of nitrogens with one attached hydrogen (secondary N) is 2. The van der Waals surface area contributed by atoms with Crippen LogP contribution in [0.25, 0.3) is 0 Å². The van der Waals surface area contributed by atoms with Crippen LogP contribution in [-0.4, -0.2) is 39.8 Å². The molecular formula is C6H8N4O2S. The molecule has 0 aromatic heterocycles. The Hall–Kier alpha value is -1.05. The van der Waals surface area contributed by atoms with Gasteiger partial charge in [-0.25, -0.2) is 0 Å². The average Bonchev–Trinajstić information content (AvgIpc) is 2.13. The van der Waals surface area contributed by atoms with Crippen molar-refractivity contribution in [2.75, 3.05) is 13.1 Å². The van der Waals surface area contributed by atoms with Crippen LogP contribution in [0.4, 0.5) is 0 Å². The molecule has 2 aliphatic heterocycles. The van der Waals surface area contributed by atoms with Gasteiger partial charge in [-0.05, 0) is 0 Å². The highest BCUT2D eigenvalue weighted by molar-refractivity contribution is 7.82. The van der Waals surface area contributed by atoms with Gasteiger partial charge in [-0.1, -0.05) is 12.2 Å². The van der Waals surface area contributed by atoms with Crippen molar-refractivity contribution in [3.63, 3.8) is 0 Å². The fourth-order valence-corrected chi connectivity index (χ4v) is 1.23. The second-order valence-electron chi connectivity index (χ2n) is 2.83. The van der Waals surface area contributed by atoms with E-state index in [4.69, 9.17) is 0 Å². The van der Waals surface area contributed by atoms with Crippen LogP contribution in [0.5, 0.6) is 0 Å². The van der Waals surface area contributed by atoms with Crippen LogP contribution in [0.15, 0.2) is 0 Å². The lowest BCUT2D eigenvalue weighted by Gasteiger charge is -2.37. The van der Waals surface area contributed by atoms with Crippen molar-refractivity contribution >= 4 is 28.9 Å². The molecule has 0 bridgehead atoms. The SMILES string of the molecule is O=C1CCN1NNN1CC(=S)C1=O. The van der Waals surface area contributed by atoms with E-state index in [2.05, 4.69) is 23.3 Å². The molecule has 0 aromatic rings. The lowest BCUT2D eigenvalue weighted by Crippen LogP contribution is -2.67. The predicted molar refractivity (Wildman–Crippen MR) is 46.9 cm³/mol. The zero-order valence-electron chi connectivity index (χ0n) is 6.74. The monoisotopic (exact) mass is 200 g/mol. The maximum atomic E-state index is 10.9. The average molecular weight is 200 g/mol.